The Kier molecular flexibility index (Phi) is 3.60. The molecule has 1 fully saturated rings. The lowest BCUT2D eigenvalue weighted by Crippen LogP contribution is -2.34. The van der Waals surface area contributed by atoms with Crippen molar-refractivity contribution >= 4 is 11.0 Å². The molecule has 2 unspecified atom stereocenters. The van der Waals surface area contributed by atoms with Crippen LogP contribution >= 0.6 is 0 Å². The van der Waals surface area contributed by atoms with Crippen LogP contribution in [0.3, 0.4) is 0 Å². The number of rotatable bonds is 5. The maximum atomic E-state index is 6.15. The van der Waals surface area contributed by atoms with E-state index >= 15 is 0 Å². The number of aromatic nitrogens is 3. The predicted molar refractivity (Wildman–Crippen MR) is 80.6 cm³/mol. The summed E-state index contributed by atoms with van der Waals surface area (Å²) >= 11 is 0. The van der Waals surface area contributed by atoms with E-state index in [-0.39, 0.29) is 6.10 Å². The third kappa shape index (κ3) is 2.63. The molecule has 0 spiro atoms. The van der Waals surface area contributed by atoms with Gasteiger partial charge in [-0.2, -0.15) is 5.10 Å². The molecule has 1 aromatic carbocycles. The van der Waals surface area contributed by atoms with Crippen LogP contribution in [0.15, 0.2) is 47.4 Å². The minimum absolute atomic E-state index is 0.156. The molecular formula is C16H17N3O4. The monoisotopic (exact) mass is 315 g/mol. The molecule has 0 aliphatic carbocycles. The summed E-state index contributed by atoms with van der Waals surface area (Å²) in [4.78, 5) is 3.97. The second-order valence-corrected chi connectivity index (χ2v) is 5.50. The number of benzene rings is 1. The molecule has 1 saturated heterocycles. The number of ether oxygens (including phenoxy) is 3. The van der Waals surface area contributed by atoms with Crippen LogP contribution in [-0.2, 0) is 26.5 Å². The smallest absolute Gasteiger partial charge is 0.249 e. The summed E-state index contributed by atoms with van der Waals surface area (Å²) in [6.07, 6.45) is 2.95. The van der Waals surface area contributed by atoms with Gasteiger partial charge in [0.15, 0.2) is 5.76 Å². The van der Waals surface area contributed by atoms with Gasteiger partial charge in [0.25, 0.3) is 0 Å². The van der Waals surface area contributed by atoms with Crippen molar-refractivity contribution in [2.75, 3.05) is 20.3 Å². The van der Waals surface area contributed by atoms with Crippen LogP contribution in [0.2, 0.25) is 0 Å². The second kappa shape index (κ2) is 5.77. The Morgan fingerprint density at radius 2 is 2.30 bits per heavy atom. The lowest BCUT2D eigenvalue weighted by molar-refractivity contribution is -0.203. The zero-order valence-electron chi connectivity index (χ0n) is 12.7. The van der Waals surface area contributed by atoms with Gasteiger partial charge < -0.3 is 18.6 Å². The largest absolute Gasteiger partial charge is 0.455 e. The molecule has 0 saturated carbocycles. The molecule has 1 aliphatic rings. The summed E-state index contributed by atoms with van der Waals surface area (Å²) in [5, 5.41) is 5.15. The van der Waals surface area contributed by atoms with E-state index < -0.39 is 5.79 Å². The van der Waals surface area contributed by atoms with E-state index in [2.05, 4.69) is 10.1 Å². The molecule has 120 valence electrons. The highest BCUT2D eigenvalue weighted by molar-refractivity contribution is 5.77. The molecule has 2 aromatic heterocycles. The van der Waals surface area contributed by atoms with Gasteiger partial charge in [0.05, 0.1) is 13.2 Å². The first kappa shape index (κ1) is 14.4. The van der Waals surface area contributed by atoms with Crippen molar-refractivity contribution in [1.82, 2.24) is 14.8 Å². The van der Waals surface area contributed by atoms with Gasteiger partial charge in [0, 0.05) is 12.5 Å². The van der Waals surface area contributed by atoms with Crippen LogP contribution in [0.25, 0.3) is 11.0 Å². The first-order valence-electron chi connectivity index (χ1n) is 7.41. The number of nitrogens with zero attached hydrogens (tertiary/aromatic N) is 3. The molecule has 2 atom stereocenters. The highest BCUT2D eigenvalue weighted by atomic mass is 16.8. The topological polar surface area (TPSA) is 71.5 Å². The zero-order valence-corrected chi connectivity index (χ0v) is 12.7. The fraction of sp³-hybridized carbons (Fsp3) is 0.375. The molecule has 0 N–H and O–H groups in total. The molecule has 1 aliphatic heterocycles. The van der Waals surface area contributed by atoms with Crippen LogP contribution in [-0.4, -0.2) is 41.2 Å². The summed E-state index contributed by atoms with van der Waals surface area (Å²) in [5.41, 5.74) is 0.794. The lowest BCUT2D eigenvalue weighted by atomic mass is 10.2. The Balaban J connectivity index is 1.72. The summed E-state index contributed by atoms with van der Waals surface area (Å²) in [7, 11) is 1.64. The molecule has 3 aromatic rings. The van der Waals surface area contributed by atoms with E-state index in [0.717, 1.165) is 11.0 Å². The van der Waals surface area contributed by atoms with E-state index in [9.17, 15) is 0 Å². The lowest BCUT2D eigenvalue weighted by Gasteiger charge is -2.25. The average Bonchev–Trinajstić information content (AvgIpc) is 3.28. The fourth-order valence-electron chi connectivity index (χ4n) is 2.82. The van der Waals surface area contributed by atoms with Crippen molar-refractivity contribution in [3.8, 4) is 0 Å². The summed E-state index contributed by atoms with van der Waals surface area (Å²) < 4.78 is 25.0. The van der Waals surface area contributed by atoms with E-state index in [1.807, 2.05) is 30.3 Å². The maximum Gasteiger partial charge on any atom is 0.249 e. The number of para-hydroxylation sites is 1. The Bertz CT molecular complexity index is 753. The highest BCUT2D eigenvalue weighted by Crippen LogP contribution is 2.38. The number of hydrogen-bond donors (Lipinski definition) is 0. The Hall–Kier alpha value is -2.22. The Morgan fingerprint density at radius 3 is 3.09 bits per heavy atom. The van der Waals surface area contributed by atoms with Crippen LogP contribution in [0.4, 0.5) is 0 Å². The molecule has 0 radical (unpaired) electrons. The fourth-order valence-corrected chi connectivity index (χ4v) is 2.82. The number of furan rings is 1. The SMILES string of the molecule is COCC1COC(Cn2cncn2)(c2cc3ccccc3o2)O1. The summed E-state index contributed by atoms with van der Waals surface area (Å²) in [5.74, 6) is -0.413. The Morgan fingerprint density at radius 1 is 1.39 bits per heavy atom. The summed E-state index contributed by atoms with van der Waals surface area (Å²) in [6.45, 7) is 1.24. The van der Waals surface area contributed by atoms with Gasteiger partial charge in [0.1, 0.15) is 30.9 Å². The van der Waals surface area contributed by atoms with Crippen molar-refractivity contribution in [2.24, 2.45) is 0 Å². The third-order valence-electron chi connectivity index (χ3n) is 3.85. The van der Waals surface area contributed by atoms with Crippen molar-refractivity contribution in [1.29, 1.82) is 0 Å². The average molecular weight is 315 g/mol. The van der Waals surface area contributed by atoms with Crippen LogP contribution < -0.4 is 0 Å². The van der Waals surface area contributed by atoms with Gasteiger partial charge >= 0.3 is 0 Å². The summed E-state index contributed by atoms with van der Waals surface area (Å²) in [6, 6.07) is 9.76. The molecule has 0 amide bonds. The van der Waals surface area contributed by atoms with Gasteiger partial charge in [0.2, 0.25) is 5.79 Å². The van der Waals surface area contributed by atoms with Crippen LogP contribution in [0, 0.1) is 0 Å². The van der Waals surface area contributed by atoms with Crippen LogP contribution in [0.5, 0.6) is 0 Å². The van der Waals surface area contributed by atoms with Gasteiger partial charge in [-0.1, -0.05) is 18.2 Å². The normalized spacial score (nSPS) is 24.5. The minimum atomic E-state index is -1.03. The van der Waals surface area contributed by atoms with Crippen molar-refractivity contribution < 1.29 is 18.6 Å². The molecule has 23 heavy (non-hydrogen) atoms. The molecule has 0 bridgehead atoms. The maximum absolute atomic E-state index is 6.15. The quantitative estimate of drug-likeness (QED) is 0.716. The first-order chi connectivity index (χ1) is 11.3. The van der Waals surface area contributed by atoms with Crippen molar-refractivity contribution in [2.45, 2.75) is 18.4 Å². The second-order valence-electron chi connectivity index (χ2n) is 5.50. The minimum Gasteiger partial charge on any atom is -0.455 e. The highest BCUT2D eigenvalue weighted by Gasteiger charge is 2.47. The van der Waals surface area contributed by atoms with E-state index in [1.54, 1.807) is 18.1 Å². The molecular weight excluding hydrogens is 298 g/mol. The number of fused-ring (bicyclic) bond motifs is 1. The van der Waals surface area contributed by atoms with E-state index in [4.69, 9.17) is 18.6 Å². The van der Waals surface area contributed by atoms with Gasteiger partial charge in [-0.3, -0.25) is 0 Å². The van der Waals surface area contributed by atoms with Crippen molar-refractivity contribution in [3.05, 3.63) is 48.7 Å². The molecule has 7 heteroatoms. The third-order valence-corrected chi connectivity index (χ3v) is 3.85. The van der Waals surface area contributed by atoms with Crippen molar-refractivity contribution in [3.63, 3.8) is 0 Å². The zero-order chi connectivity index (χ0) is 15.7. The molecule has 3 heterocycles. The van der Waals surface area contributed by atoms with Gasteiger partial charge in [-0.15, -0.1) is 0 Å². The number of hydrogen-bond acceptors (Lipinski definition) is 6. The van der Waals surface area contributed by atoms with E-state index in [1.165, 1.54) is 6.33 Å². The number of methoxy groups -OCH3 is 1. The molecule has 7 nitrogen and oxygen atoms in total. The van der Waals surface area contributed by atoms with Gasteiger partial charge in [-0.25, -0.2) is 9.67 Å². The van der Waals surface area contributed by atoms with Crippen LogP contribution in [0.1, 0.15) is 5.76 Å². The predicted octanol–water partition coefficient (Wildman–Crippen LogP) is 1.94. The first-order valence-corrected chi connectivity index (χ1v) is 7.41. The van der Waals surface area contributed by atoms with E-state index in [0.29, 0.717) is 25.5 Å². The van der Waals surface area contributed by atoms with Gasteiger partial charge in [-0.05, 0) is 12.1 Å². The Labute approximate surface area is 132 Å². The molecule has 4 rings (SSSR count). The standard InChI is InChI=1S/C16H17N3O4/c1-20-7-13-8-21-16(23-13,9-19-11-17-10-18-19)15-6-12-4-2-3-5-14(12)22-15/h2-6,10-11,13H,7-9H2,1H3.